The molecule has 0 aliphatic rings. The molecule has 0 heterocycles. The Morgan fingerprint density at radius 3 is 2.93 bits per heavy atom. The van der Waals surface area contributed by atoms with Crippen LogP contribution in [-0.2, 0) is 5.75 Å². The topological polar surface area (TPSA) is 12.0 Å². The third-order valence-electron chi connectivity index (χ3n) is 2.07. The summed E-state index contributed by atoms with van der Waals surface area (Å²) in [6.07, 6.45) is 1.26. The molecule has 1 rings (SSSR count). The molecule has 0 bridgehead atoms. The van der Waals surface area contributed by atoms with Gasteiger partial charge in [-0.25, -0.2) is 0 Å². The van der Waals surface area contributed by atoms with E-state index in [0.717, 1.165) is 12.3 Å². The van der Waals surface area contributed by atoms with E-state index in [-0.39, 0.29) is 0 Å². The van der Waals surface area contributed by atoms with Crippen molar-refractivity contribution in [1.29, 1.82) is 0 Å². The Hall–Kier alpha value is -0.470. The van der Waals surface area contributed by atoms with Crippen molar-refractivity contribution in [3.63, 3.8) is 0 Å². The summed E-state index contributed by atoms with van der Waals surface area (Å²) in [7, 11) is 2.01. The third-order valence-corrected chi connectivity index (χ3v) is 3.18. The molecule has 0 atom stereocenters. The lowest BCUT2D eigenvalue weighted by Gasteiger charge is -2.02. The maximum atomic E-state index is 3.16. The minimum absolute atomic E-state index is 1.13. The SMILES string of the molecule is CNCCCSCc1cccc(C)c1. The molecule has 0 saturated heterocycles. The van der Waals surface area contributed by atoms with Crippen LogP contribution in [0, 0.1) is 6.92 Å². The third kappa shape index (κ3) is 4.68. The van der Waals surface area contributed by atoms with Gasteiger partial charge in [0.2, 0.25) is 0 Å². The molecule has 14 heavy (non-hydrogen) atoms. The van der Waals surface area contributed by atoms with Crippen LogP contribution in [0.25, 0.3) is 0 Å². The summed E-state index contributed by atoms with van der Waals surface area (Å²) >= 11 is 2.01. The number of benzene rings is 1. The Morgan fingerprint density at radius 2 is 2.21 bits per heavy atom. The molecule has 2 heteroatoms. The van der Waals surface area contributed by atoms with Crippen molar-refractivity contribution in [2.75, 3.05) is 19.3 Å². The van der Waals surface area contributed by atoms with Crippen molar-refractivity contribution in [2.45, 2.75) is 19.1 Å². The van der Waals surface area contributed by atoms with Gasteiger partial charge in [-0.3, -0.25) is 0 Å². The van der Waals surface area contributed by atoms with Crippen LogP contribution in [0.1, 0.15) is 17.5 Å². The minimum Gasteiger partial charge on any atom is -0.320 e. The van der Waals surface area contributed by atoms with E-state index in [0.29, 0.717) is 0 Å². The number of aryl methyl sites for hydroxylation is 1. The molecule has 1 N–H and O–H groups in total. The second kappa shape index (κ2) is 6.91. The van der Waals surface area contributed by atoms with E-state index in [1.165, 1.54) is 23.3 Å². The van der Waals surface area contributed by atoms with Crippen molar-refractivity contribution in [2.24, 2.45) is 0 Å². The first-order chi connectivity index (χ1) is 6.83. The molecule has 0 saturated carbocycles. The van der Waals surface area contributed by atoms with Gasteiger partial charge in [-0.15, -0.1) is 0 Å². The highest BCUT2D eigenvalue weighted by Crippen LogP contribution is 2.13. The molecule has 1 nitrogen and oxygen atoms in total. The highest BCUT2D eigenvalue weighted by atomic mass is 32.2. The first-order valence-corrected chi connectivity index (χ1v) is 6.26. The van der Waals surface area contributed by atoms with E-state index >= 15 is 0 Å². The summed E-state index contributed by atoms with van der Waals surface area (Å²) in [5, 5.41) is 3.16. The molecule has 1 aromatic rings. The quantitative estimate of drug-likeness (QED) is 0.723. The van der Waals surface area contributed by atoms with E-state index in [2.05, 4.69) is 36.5 Å². The normalized spacial score (nSPS) is 10.4. The number of nitrogens with one attached hydrogen (secondary N) is 1. The van der Waals surface area contributed by atoms with Gasteiger partial charge in [-0.1, -0.05) is 29.8 Å². The number of rotatable bonds is 6. The molecule has 1 aromatic carbocycles. The fraction of sp³-hybridized carbons (Fsp3) is 0.500. The van der Waals surface area contributed by atoms with Gasteiger partial charge < -0.3 is 5.32 Å². The molecular weight excluding hydrogens is 190 g/mol. The van der Waals surface area contributed by atoms with Gasteiger partial charge in [0, 0.05) is 5.75 Å². The summed E-state index contributed by atoms with van der Waals surface area (Å²) in [5.74, 6) is 2.39. The van der Waals surface area contributed by atoms with Gasteiger partial charge in [0.15, 0.2) is 0 Å². The zero-order valence-corrected chi connectivity index (χ0v) is 9.86. The minimum atomic E-state index is 1.13. The van der Waals surface area contributed by atoms with Crippen LogP contribution in [-0.4, -0.2) is 19.3 Å². The molecule has 0 aliphatic carbocycles. The van der Waals surface area contributed by atoms with Crippen LogP contribution < -0.4 is 5.32 Å². The zero-order chi connectivity index (χ0) is 10.2. The zero-order valence-electron chi connectivity index (χ0n) is 9.05. The Kier molecular flexibility index (Phi) is 5.72. The molecule has 0 aromatic heterocycles. The lowest BCUT2D eigenvalue weighted by atomic mass is 10.2. The van der Waals surface area contributed by atoms with Gasteiger partial charge in [0.25, 0.3) is 0 Å². The molecule has 0 spiro atoms. The molecular formula is C12H19NS. The molecule has 0 unspecified atom stereocenters. The van der Waals surface area contributed by atoms with Crippen molar-refractivity contribution >= 4 is 11.8 Å². The van der Waals surface area contributed by atoms with Crippen LogP contribution in [0.3, 0.4) is 0 Å². The average Bonchev–Trinajstić information content (AvgIpc) is 2.18. The highest BCUT2D eigenvalue weighted by Gasteiger charge is 1.93. The summed E-state index contributed by atoms with van der Waals surface area (Å²) in [5.41, 5.74) is 2.80. The van der Waals surface area contributed by atoms with E-state index in [1.807, 2.05) is 18.8 Å². The molecule has 0 aliphatic heterocycles. The standard InChI is InChI=1S/C12H19NS/c1-11-5-3-6-12(9-11)10-14-8-4-7-13-2/h3,5-6,9,13H,4,7-8,10H2,1-2H3. The smallest absolute Gasteiger partial charge is 0.0184 e. The monoisotopic (exact) mass is 209 g/mol. The second-order valence-electron chi connectivity index (χ2n) is 3.50. The van der Waals surface area contributed by atoms with Gasteiger partial charge in [0.1, 0.15) is 0 Å². The maximum Gasteiger partial charge on any atom is 0.0184 e. The Labute approximate surface area is 91.3 Å². The first kappa shape index (κ1) is 11.6. The fourth-order valence-electron chi connectivity index (χ4n) is 1.34. The van der Waals surface area contributed by atoms with E-state index in [4.69, 9.17) is 0 Å². The van der Waals surface area contributed by atoms with Crippen LogP contribution in [0.5, 0.6) is 0 Å². The molecule has 0 fully saturated rings. The predicted octanol–water partition coefficient (Wildman–Crippen LogP) is 2.84. The van der Waals surface area contributed by atoms with Crippen LogP contribution in [0.15, 0.2) is 24.3 Å². The molecule has 0 amide bonds. The highest BCUT2D eigenvalue weighted by molar-refractivity contribution is 7.98. The molecule has 78 valence electrons. The summed E-state index contributed by atoms with van der Waals surface area (Å²) in [4.78, 5) is 0. The summed E-state index contributed by atoms with van der Waals surface area (Å²) in [6.45, 7) is 3.27. The van der Waals surface area contributed by atoms with Gasteiger partial charge in [-0.05, 0) is 38.3 Å². The average molecular weight is 209 g/mol. The van der Waals surface area contributed by atoms with Gasteiger partial charge >= 0.3 is 0 Å². The van der Waals surface area contributed by atoms with Crippen LogP contribution >= 0.6 is 11.8 Å². The van der Waals surface area contributed by atoms with Crippen LogP contribution in [0.4, 0.5) is 0 Å². The van der Waals surface area contributed by atoms with Gasteiger partial charge in [0.05, 0.1) is 0 Å². The number of hydrogen-bond acceptors (Lipinski definition) is 2. The number of hydrogen-bond donors (Lipinski definition) is 1. The fourth-order valence-corrected chi connectivity index (χ4v) is 2.25. The van der Waals surface area contributed by atoms with Crippen LogP contribution in [0.2, 0.25) is 0 Å². The Bertz CT molecular complexity index is 260. The predicted molar refractivity (Wildman–Crippen MR) is 65.9 cm³/mol. The van der Waals surface area contributed by atoms with E-state index in [9.17, 15) is 0 Å². The lowest BCUT2D eigenvalue weighted by Crippen LogP contribution is -2.08. The van der Waals surface area contributed by atoms with Crippen molar-refractivity contribution in [3.05, 3.63) is 35.4 Å². The Balaban J connectivity index is 2.18. The van der Waals surface area contributed by atoms with Crippen molar-refractivity contribution in [3.8, 4) is 0 Å². The van der Waals surface area contributed by atoms with Gasteiger partial charge in [-0.2, -0.15) is 11.8 Å². The maximum absolute atomic E-state index is 3.16. The second-order valence-corrected chi connectivity index (χ2v) is 4.60. The number of thioether (sulfide) groups is 1. The summed E-state index contributed by atoms with van der Waals surface area (Å²) < 4.78 is 0. The Morgan fingerprint density at radius 1 is 1.36 bits per heavy atom. The summed E-state index contributed by atoms with van der Waals surface area (Å²) in [6, 6.07) is 8.76. The first-order valence-electron chi connectivity index (χ1n) is 5.11. The van der Waals surface area contributed by atoms with E-state index < -0.39 is 0 Å². The van der Waals surface area contributed by atoms with E-state index in [1.54, 1.807) is 0 Å². The van der Waals surface area contributed by atoms with Crippen molar-refractivity contribution < 1.29 is 0 Å². The largest absolute Gasteiger partial charge is 0.320 e. The lowest BCUT2D eigenvalue weighted by molar-refractivity contribution is 0.778. The van der Waals surface area contributed by atoms with Crippen molar-refractivity contribution in [1.82, 2.24) is 5.32 Å². The molecule has 0 radical (unpaired) electrons.